The van der Waals surface area contributed by atoms with E-state index in [0.29, 0.717) is 41.2 Å². The third-order valence-corrected chi connectivity index (χ3v) is 6.86. The first-order valence-electron chi connectivity index (χ1n) is 14.5. The Bertz CT molecular complexity index is 1860. The van der Waals surface area contributed by atoms with Gasteiger partial charge in [-0.3, -0.25) is 23.6 Å². The summed E-state index contributed by atoms with van der Waals surface area (Å²) < 4.78 is 63.1. The summed E-state index contributed by atoms with van der Waals surface area (Å²) in [7, 11) is -5.63. The Hall–Kier alpha value is -4.28. The molecule has 0 aliphatic carbocycles. The number of carbonyl (C=O) groups is 1. The number of rotatable bonds is 8. The Morgan fingerprint density at radius 2 is 1.47 bits per heavy atom. The van der Waals surface area contributed by atoms with Crippen LogP contribution in [0, 0.1) is 0 Å². The fourth-order valence-corrected chi connectivity index (χ4v) is 4.86. The van der Waals surface area contributed by atoms with Crippen molar-refractivity contribution in [2.24, 2.45) is 0 Å². The van der Waals surface area contributed by atoms with Gasteiger partial charge in [-0.25, -0.2) is 0 Å². The summed E-state index contributed by atoms with van der Waals surface area (Å²) in [6.07, 6.45) is 3.72. The number of methoxy groups -OCH3 is 1. The molecule has 0 bridgehead atoms. The zero-order valence-corrected chi connectivity index (χ0v) is 28.0. The highest BCUT2D eigenvalue weighted by Crippen LogP contribution is 2.28. The maximum Gasteiger partial charge on any atom is 0.261 e. The Balaban J connectivity index is 0.000000526. The molecule has 1 aromatic heterocycles. The lowest BCUT2D eigenvalue weighted by molar-refractivity contribution is 0.0952. The molecule has 1 aliphatic heterocycles. The van der Waals surface area contributed by atoms with Gasteiger partial charge < -0.3 is 19.4 Å². The predicted molar refractivity (Wildman–Crippen MR) is 181 cm³/mol. The lowest BCUT2D eigenvalue weighted by atomic mass is 10.0. The topological polar surface area (TPSA) is 184 Å². The summed E-state index contributed by atoms with van der Waals surface area (Å²) in [6, 6.07) is 22.6. The molecule has 0 saturated carbocycles. The number of nitrogens with zero attached hydrogens (tertiary/aromatic N) is 2. The van der Waals surface area contributed by atoms with Crippen LogP contribution in [0.2, 0.25) is 0 Å². The molecule has 5 rings (SSSR count). The summed E-state index contributed by atoms with van der Waals surface area (Å²) in [5, 5.41) is 3.40. The van der Waals surface area contributed by atoms with Crippen molar-refractivity contribution in [2.75, 3.05) is 63.8 Å². The molecule has 1 fully saturated rings. The van der Waals surface area contributed by atoms with Gasteiger partial charge in [0, 0.05) is 32.7 Å². The number of hydrogen-bond donors (Lipinski definition) is 3. The fourth-order valence-electron chi connectivity index (χ4n) is 4.86. The van der Waals surface area contributed by atoms with Crippen LogP contribution in [0.1, 0.15) is 16.8 Å². The van der Waals surface area contributed by atoms with Crippen molar-refractivity contribution in [3.63, 3.8) is 0 Å². The van der Waals surface area contributed by atoms with E-state index in [1.54, 1.807) is 25.3 Å². The molecule has 3 aromatic carbocycles. The predicted octanol–water partition coefficient (Wildman–Crippen LogP) is 3.42. The van der Waals surface area contributed by atoms with Crippen molar-refractivity contribution >= 4 is 42.8 Å². The van der Waals surface area contributed by atoms with Crippen molar-refractivity contribution in [2.45, 2.75) is 6.42 Å². The van der Waals surface area contributed by atoms with Crippen LogP contribution in [0.25, 0.3) is 22.1 Å². The lowest BCUT2D eigenvalue weighted by Gasteiger charge is -2.36. The summed E-state index contributed by atoms with van der Waals surface area (Å²) in [5.41, 5.74) is 2.95. The molecule has 47 heavy (non-hydrogen) atoms. The molecule has 0 radical (unpaired) electrons. The molecule has 1 saturated heterocycles. The molecule has 13 nitrogen and oxygen atoms in total. The zero-order valence-electron chi connectivity index (χ0n) is 26.3. The zero-order chi connectivity index (χ0) is 34.6. The highest BCUT2D eigenvalue weighted by atomic mass is 32.2. The summed E-state index contributed by atoms with van der Waals surface area (Å²) in [5.74, 6) is 0.668. The summed E-state index contributed by atoms with van der Waals surface area (Å²) >= 11 is 0. The minimum absolute atomic E-state index is 0.144. The minimum Gasteiger partial charge on any atom is -0.495 e. The van der Waals surface area contributed by atoms with Crippen molar-refractivity contribution in [3.8, 4) is 16.9 Å². The van der Waals surface area contributed by atoms with Gasteiger partial charge in [0.25, 0.3) is 26.1 Å². The van der Waals surface area contributed by atoms with Crippen molar-refractivity contribution < 1.29 is 39.9 Å². The Labute approximate surface area is 274 Å². The van der Waals surface area contributed by atoms with Crippen molar-refractivity contribution in [3.05, 3.63) is 94.8 Å². The third-order valence-electron chi connectivity index (χ3n) is 6.86. The quantitative estimate of drug-likeness (QED) is 0.181. The van der Waals surface area contributed by atoms with Gasteiger partial charge in [0.2, 0.25) is 5.43 Å². The molecule has 1 aliphatic rings. The van der Waals surface area contributed by atoms with Gasteiger partial charge in [0.15, 0.2) is 0 Å². The van der Waals surface area contributed by atoms with Crippen LogP contribution in [0.3, 0.4) is 0 Å². The molecular weight excluding hydrogens is 650 g/mol. The number of amides is 1. The molecule has 0 atom stereocenters. The van der Waals surface area contributed by atoms with Crippen LogP contribution < -0.4 is 20.4 Å². The van der Waals surface area contributed by atoms with E-state index in [0.717, 1.165) is 56.1 Å². The molecule has 3 N–H and O–H groups in total. The summed E-state index contributed by atoms with van der Waals surface area (Å²) in [4.78, 5) is 30.8. The Morgan fingerprint density at radius 3 is 2.09 bits per heavy atom. The van der Waals surface area contributed by atoms with Gasteiger partial charge in [-0.05, 0) is 42.8 Å². The molecule has 254 valence electrons. The molecule has 1 amide bonds. The lowest BCUT2D eigenvalue weighted by Crippen LogP contribution is -2.47. The highest BCUT2D eigenvalue weighted by Gasteiger charge is 2.20. The van der Waals surface area contributed by atoms with Crippen LogP contribution >= 0.6 is 0 Å². The minimum atomic E-state index is -3.67. The third kappa shape index (κ3) is 12.4. The van der Waals surface area contributed by atoms with Gasteiger partial charge in [-0.1, -0.05) is 48.5 Å². The molecule has 2 heterocycles. The van der Waals surface area contributed by atoms with Crippen molar-refractivity contribution in [1.29, 1.82) is 0 Å². The van der Waals surface area contributed by atoms with Crippen LogP contribution in [0.5, 0.6) is 5.75 Å². The number of ether oxygens (including phenoxy) is 1. The highest BCUT2D eigenvalue weighted by molar-refractivity contribution is 7.85. The van der Waals surface area contributed by atoms with Crippen LogP contribution in [-0.4, -0.2) is 95.6 Å². The van der Waals surface area contributed by atoms with E-state index < -0.39 is 20.2 Å². The number of nitrogens with one attached hydrogen (secondary N) is 1. The smallest absolute Gasteiger partial charge is 0.261 e. The average Bonchev–Trinajstić information content (AvgIpc) is 3.02. The molecular formula is C32H39N3O10S2. The van der Waals surface area contributed by atoms with E-state index in [1.807, 2.05) is 48.5 Å². The number of benzene rings is 3. The Kier molecular flexibility index (Phi) is 13.5. The second-order valence-electron chi connectivity index (χ2n) is 10.6. The summed E-state index contributed by atoms with van der Waals surface area (Å²) in [6.45, 7) is 5.26. The van der Waals surface area contributed by atoms with Gasteiger partial charge >= 0.3 is 0 Å². The second kappa shape index (κ2) is 17.0. The normalized spacial score (nSPS) is 13.5. The molecule has 0 spiro atoms. The average molecular weight is 690 g/mol. The SMILES string of the molecule is COc1ccccc1N1CCN(CCCNC(=O)c2cccc3c(=O)c(-c4ccccc4)coc23)CC1.CS(=O)(=O)O.CS(=O)(=O)O. The van der Waals surface area contributed by atoms with Crippen LogP contribution in [-0.2, 0) is 20.2 Å². The number of piperazine rings is 1. The first-order chi connectivity index (χ1) is 22.2. The van der Waals surface area contributed by atoms with Gasteiger partial charge in [0.05, 0.1) is 41.8 Å². The van der Waals surface area contributed by atoms with Gasteiger partial charge in [-0.2, -0.15) is 16.8 Å². The van der Waals surface area contributed by atoms with E-state index >= 15 is 0 Å². The van der Waals surface area contributed by atoms with Gasteiger partial charge in [0.1, 0.15) is 17.6 Å². The molecule has 4 aromatic rings. The van der Waals surface area contributed by atoms with Crippen LogP contribution in [0.15, 0.2) is 88.3 Å². The van der Waals surface area contributed by atoms with E-state index in [4.69, 9.17) is 18.3 Å². The van der Waals surface area contributed by atoms with E-state index in [9.17, 15) is 26.4 Å². The maximum atomic E-state index is 13.1. The number of carbonyl (C=O) groups excluding carboxylic acids is 1. The largest absolute Gasteiger partial charge is 0.495 e. The first kappa shape index (κ1) is 37.2. The molecule has 0 unspecified atom stereocenters. The standard InChI is InChI=1S/C30H31N3O4.2CH4O3S/c1-36-27-14-6-5-13-26(27)33-19-17-32(18-20-33)16-8-15-31-30(35)24-12-7-11-23-28(34)25(21-37-29(23)24)22-9-3-2-4-10-22;2*1-5(2,3)4/h2-7,9-14,21H,8,15-20H2,1H3,(H,31,35);2*1H3,(H,2,3,4). The number of anilines is 1. The maximum absolute atomic E-state index is 13.1. The first-order valence-corrected chi connectivity index (χ1v) is 18.2. The number of fused-ring (bicyclic) bond motifs is 1. The Morgan fingerprint density at radius 1 is 0.872 bits per heavy atom. The number of hydrogen-bond acceptors (Lipinski definition) is 10. The monoisotopic (exact) mass is 689 g/mol. The second-order valence-corrected chi connectivity index (χ2v) is 13.5. The fraction of sp³-hybridized carbons (Fsp3) is 0.312. The number of para-hydroxylation sites is 3. The van der Waals surface area contributed by atoms with Crippen molar-refractivity contribution in [1.82, 2.24) is 10.2 Å². The molecule has 15 heteroatoms. The van der Waals surface area contributed by atoms with E-state index in [-0.39, 0.29) is 11.3 Å². The van der Waals surface area contributed by atoms with Gasteiger partial charge in [-0.15, -0.1) is 0 Å². The van der Waals surface area contributed by atoms with Crippen LogP contribution in [0.4, 0.5) is 5.69 Å². The van der Waals surface area contributed by atoms with E-state index in [1.165, 1.54) is 6.26 Å². The van der Waals surface area contributed by atoms with E-state index in [2.05, 4.69) is 21.2 Å².